The van der Waals surface area contributed by atoms with Crippen LogP contribution >= 0.6 is 39.1 Å². The second-order valence-corrected chi connectivity index (χ2v) is 5.87. The molecule has 0 atom stereocenters. The molecule has 0 amide bonds. The first-order valence-corrected chi connectivity index (χ1v) is 7.66. The molecule has 0 heterocycles. The lowest BCUT2D eigenvalue weighted by Gasteiger charge is -2.06. The predicted molar refractivity (Wildman–Crippen MR) is 89.8 cm³/mol. The Labute approximate surface area is 145 Å². The van der Waals surface area contributed by atoms with Gasteiger partial charge in [0.2, 0.25) is 0 Å². The van der Waals surface area contributed by atoms with Gasteiger partial charge in [0.1, 0.15) is 5.75 Å². The molecule has 2 rings (SSSR count). The molecule has 0 N–H and O–H groups in total. The van der Waals surface area contributed by atoms with Gasteiger partial charge in [-0.3, -0.25) is 0 Å². The standard InChI is InChI=1S/C15H10BrCl2NO3/c16-11-3-1-10(2-4-11)8-19-22-15(20)9-21-14-6-5-12(17)7-13(14)18/h1-8H,9H2. The van der Waals surface area contributed by atoms with Gasteiger partial charge in [-0.1, -0.05) is 56.4 Å². The highest BCUT2D eigenvalue weighted by Crippen LogP contribution is 2.27. The summed E-state index contributed by atoms with van der Waals surface area (Å²) in [6.45, 7) is -0.307. The smallest absolute Gasteiger partial charge is 0.372 e. The highest BCUT2D eigenvalue weighted by molar-refractivity contribution is 9.10. The van der Waals surface area contributed by atoms with Gasteiger partial charge in [0.05, 0.1) is 11.2 Å². The highest BCUT2D eigenvalue weighted by atomic mass is 79.9. The summed E-state index contributed by atoms with van der Waals surface area (Å²) < 4.78 is 6.18. The van der Waals surface area contributed by atoms with Gasteiger partial charge in [0, 0.05) is 9.50 Å². The topological polar surface area (TPSA) is 47.9 Å². The second kappa shape index (κ2) is 8.17. The fourth-order valence-electron chi connectivity index (χ4n) is 1.45. The van der Waals surface area contributed by atoms with Crippen molar-refractivity contribution in [3.63, 3.8) is 0 Å². The number of benzene rings is 2. The summed E-state index contributed by atoms with van der Waals surface area (Å²) in [5.41, 5.74) is 0.803. The molecule has 2 aromatic carbocycles. The van der Waals surface area contributed by atoms with Crippen LogP contribution in [0.15, 0.2) is 52.1 Å². The average molecular weight is 403 g/mol. The third-order valence-electron chi connectivity index (χ3n) is 2.47. The van der Waals surface area contributed by atoms with Crippen molar-refractivity contribution in [1.29, 1.82) is 0 Å². The zero-order chi connectivity index (χ0) is 15.9. The van der Waals surface area contributed by atoms with E-state index in [0.717, 1.165) is 10.0 Å². The van der Waals surface area contributed by atoms with Gasteiger partial charge in [-0.2, -0.15) is 0 Å². The lowest BCUT2D eigenvalue weighted by molar-refractivity contribution is -0.145. The molecule has 0 saturated heterocycles. The van der Waals surface area contributed by atoms with E-state index in [9.17, 15) is 4.79 Å². The van der Waals surface area contributed by atoms with Crippen LogP contribution in [0.1, 0.15) is 5.56 Å². The van der Waals surface area contributed by atoms with Gasteiger partial charge in [-0.15, -0.1) is 0 Å². The molecule has 7 heteroatoms. The Kier molecular flexibility index (Phi) is 6.24. The summed E-state index contributed by atoms with van der Waals surface area (Å²) in [5.74, 6) is -0.292. The Hall–Kier alpha value is -1.56. The number of oxime groups is 1. The minimum absolute atomic E-state index is 0.307. The third kappa shape index (κ3) is 5.33. The Morgan fingerprint density at radius 2 is 1.91 bits per heavy atom. The van der Waals surface area contributed by atoms with Crippen molar-refractivity contribution in [2.75, 3.05) is 6.61 Å². The molecule has 2 aromatic rings. The minimum Gasteiger partial charge on any atom is -0.480 e. The van der Waals surface area contributed by atoms with Crippen molar-refractivity contribution >= 4 is 51.3 Å². The summed E-state index contributed by atoms with van der Waals surface area (Å²) in [6.07, 6.45) is 1.43. The first-order chi connectivity index (χ1) is 10.5. The first kappa shape index (κ1) is 16.8. The molecule has 0 aliphatic carbocycles. The summed E-state index contributed by atoms with van der Waals surface area (Å²) in [4.78, 5) is 16.2. The Morgan fingerprint density at radius 1 is 1.18 bits per heavy atom. The summed E-state index contributed by atoms with van der Waals surface area (Å²) in [7, 11) is 0. The molecule has 4 nitrogen and oxygen atoms in total. The molecule has 0 spiro atoms. The number of carbonyl (C=O) groups excluding carboxylic acids is 1. The van der Waals surface area contributed by atoms with E-state index < -0.39 is 5.97 Å². The molecule has 0 bridgehead atoms. The van der Waals surface area contributed by atoms with Gasteiger partial charge in [0.15, 0.2) is 6.61 Å². The van der Waals surface area contributed by atoms with Crippen molar-refractivity contribution in [3.8, 4) is 5.75 Å². The van der Waals surface area contributed by atoms with E-state index in [0.29, 0.717) is 15.8 Å². The first-order valence-electron chi connectivity index (χ1n) is 6.11. The fraction of sp³-hybridized carbons (Fsp3) is 0.0667. The van der Waals surface area contributed by atoms with Crippen molar-refractivity contribution in [2.24, 2.45) is 5.16 Å². The maximum atomic E-state index is 11.5. The number of rotatable bonds is 5. The van der Waals surface area contributed by atoms with Crippen LogP contribution in [0.3, 0.4) is 0 Å². The van der Waals surface area contributed by atoms with Crippen LogP contribution in [0.5, 0.6) is 5.75 Å². The Balaban J connectivity index is 1.81. The van der Waals surface area contributed by atoms with Gasteiger partial charge < -0.3 is 9.57 Å². The van der Waals surface area contributed by atoms with Crippen molar-refractivity contribution in [1.82, 2.24) is 0 Å². The third-order valence-corrected chi connectivity index (χ3v) is 3.52. The van der Waals surface area contributed by atoms with Crippen molar-refractivity contribution < 1.29 is 14.4 Å². The predicted octanol–water partition coefficient (Wildman–Crippen LogP) is 4.71. The number of nitrogens with zero attached hydrogens (tertiary/aromatic N) is 1. The zero-order valence-corrected chi connectivity index (χ0v) is 14.2. The van der Waals surface area contributed by atoms with E-state index in [4.69, 9.17) is 27.9 Å². The van der Waals surface area contributed by atoms with E-state index in [1.54, 1.807) is 12.1 Å². The maximum absolute atomic E-state index is 11.5. The van der Waals surface area contributed by atoms with Crippen LogP contribution < -0.4 is 4.74 Å². The van der Waals surface area contributed by atoms with Crippen LogP contribution in [-0.4, -0.2) is 18.8 Å². The van der Waals surface area contributed by atoms with E-state index >= 15 is 0 Å². The van der Waals surface area contributed by atoms with Crippen molar-refractivity contribution in [2.45, 2.75) is 0 Å². The van der Waals surface area contributed by atoms with Crippen LogP contribution in [0.4, 0.5) is 0 Å². The number of carbonyl (C=O) groups is 1. The van der Waals surface area contributed by atoms with Crippen molar-refractivity contribution in [3.05, 3.63) is 62.5 Å². The lowest BCUT2D eigenvalue weighted by Crippen LogP contribution is -2.12. The number of halogens is 3. The molecular formula is C15H10BrCl2NO3. The zero-order valence-electron chi connectivity index (χ0n) is 11.1. The molecular weight excluding hydrogens is 393 g/mol. The highest BCUT2D eigenvalue weighted by Gasteiger charge is 2.07. The summed E-state index contributed by atoms with van der Waals surface area (Å²) in [6, 6.07) is 12.1. The number of hydrogen-bond donors (Lipinski definition) is 0. The molecule has 22 heavy (non-hydrogen) atoms. The number of ether oxygens (including phenoxy) is 1. The van der Waals surface area contributed by atoms with Crippen LogP contribution in [0, 0.1) is 0 Å². The molecule has 0 radical (unpaired) electrons. The molecule has 0 unspecified atom stereocenters. The molecule has 114 valence electrons. The molecule has 0 saturated carbocycles. The minimum atomic E-state index is -0.639. The summed E-state index contributed by atoms with van der Waals surface area (Å²) >= 11 is 15.0. The Morgan fingerprint density at radius 3 is 2.59 bits per heavy atom. The van der Waals surface area contributed by atoms with E-state index in [-0.39, 0.29) is 6.61 Å². The van der Waals surface area contributed by atoms with Crippen LogP contribution in [0.25, 0.3) is 0 Å². The van der Waals surface area contributed by atoms with Gasteiger partial charge in [0.25, 0.3) is 0 Å². The number of hydrogen-bond acceptors (Lipinski definition) is 4. The van der Waals surface area contributed by atoms with Crippen LogP contribution in [0.2, 0.25) is 10.0 Å². The molecule has 0 aliphatic heterocycles. The monoisotopic (exact) mass is 401 g/mol. The van der Waals surface area contributed by atoms with Gasteiger partial charge in [-0.05, 0) is 35.9 Å². The molecule has 0 aliphatic rings. The molecule has 0 fully saturated rings. The quantitative estimate of drug-likeness (QED) is 0.413. The van der Waals surface area contributed by atoms with E-state index in [1.807, 2.05) is 24.3 Å². The Bertz CT molecular complexity index is 690. The van der Waals surface area contributed by atoms with E-state index in [2.05, 4.69) is 25.9 Å². The van der Waals surface area contributed by atoms with Gasteiger partial charge >= 0.3 is 5.97 Å². The largest absolute Gasteiger partial charge is 0.480 e. The van der Waals surface area contributed by atoms with Gasteiger partial charge in [-0.25, -0.2) is 4.79 Å². The SMILES string of the molecule is O=C(COc1ccc(Cl)cc1Cl)ON=Cc1ccc(Br)cc1. The molecule has 0 aromatic heterocycles. The maximum Gasteiger partial charge on any atom is 0.372 e. The average Bonchev–Trinajstić information content (AvgIpc) is 2.48. The lowest BCUT2D eigenvalue weighted by atomic mass is 10.2. The van der Waals surface area contributed by atoms with Crippen LogP contribution in [-0.2, 0) is 9.63 Å². The summed E-state index contributed by atoms with van der Waals surface area (Å²) in [5, 5.41) is 4.40. The normalized spacial score (nSPS) is 10.7. The fourth-order valence-corrected chi connectivity index (χ4v) is 2.18. The van der Waals surface area contributed by atoms with E-state index in [1.165, 1.54) is 12.3 Å². The second-order valence-electron chi connectivity index (χ2n) is 4.11.